The first kappa shape index (κ1) is 27.9. The van der Waals surface area contributed by atoms with Crippen LogP contribution in [0, 0.1) is 11.8 Å². The molecule has 2 aromatic rings. The summed E-state index contributed by atoms with van der Waals surface area (Å²) < 4.78 is 16.5. The molecule has 0 spiro atoms. The Morgan fingerprint density at radius 3 is 2.50 bits per heavy atom. The minimum atomic E-state index is -0.725. The third-order valence-electron chi connectivity index (χ3n) is 7.21. The maximum absolute atomic E-state index is 13.2. The third kappa shape index (κ3) is 6.63. The second kappa shape index (κ2) is 12.4. The molecule has 0 amide bonds. The summed E-state index contributed by atoms with van der Waals surface area (Å²) in [6.07, 6.45) is 5.94. The summed E-state index contributed by atoms with van der Waals surface area (Å²) in [7, 11) is 0. The highest BCUT2D eigenvalue weighted by Gasteiger charge is 2.42. The molecule has 1 saturated carbocycles. The molecule has 188 valence electrons. The Hall–Kier alpha value is -2.31. The molecule has 1 aromatic carbocycles. The average molecular weight is 492 g/mol. The van der Waals surface area contributed by atoms with E-state index in [1.807, 2.05) is 6.07 Å². The summed E-state index contributed by atoms with van der Waals surface area (Å²) in [4.78, 5) is 25.6. The van der Waals surface area contributed by atoms with Crippen LogP contribution in [0.25, 0.3) is 0 Å². The molecule has 1 aromatic heterocycles. The molecule has 1 heterocycles. The van der Waals surface area contributed by atoms with Crippen LogP contribution in [0.5, 0.6) is 0 Å². The smallest absolute Gasteiger partial charge is 0.365 e. The van der Waals surface area contributed by atoms with Crippen molar-refractivity contribution in [3.63, 3.8) is 0 Å². The molecule has 0 radical (unpaired) electrons. The summed E-state index contributed by atoms with van der Waals surface area (Å²) >= 11 is 0. The van der Waals surface area contributed by atoms with E-state index < -0.39 is 17.9 Å². The summed E-state index contributed by atoms with van der Waals surface area (Å²) in [5, 5.41) is 0. The molecule has 1 aliphatic carbocycles. The van der Waals surface area contributed by atoms with Crippen molar-refractivity contribution in [1.29, 1.82) is 0 Å². The van der Waals surface area contributed by atoms with Crippen LogP contribution >= 0.6 is 0 Å². The van der Waals surface area contributed by atoms with E-state index in [9.17, 15) is 9.59 Å². The van der Waals surface area contributed by atoms with Crippen molar-refractivity contribution in [3.8, 4) is 0 Å². The summed E-state index contributed by atoms with van der Waals surface area (Å²) in [6, 6.07) is 11.5. The zero-order valence-electron chi connectivity index (χ0n) is 20.7. The van der Waals surface area contributed by atoms with Gasteiger partial charge in [-0.2, -0.15) is 0 Å². The average Bonchev–Trinajstić information content (AvgIpc) is 3.32. The van der Waals surface area contributed by atoms with Gasteiger partial charge in [0.2, 0.25) is 0 Å². The Balaban J connectivity index is 0.00000408. The van der Waals surface area contributed by atoms with E-state index in [1.54, 1.807) is 19.3 Å². The topological polar surface area (TPSA) is 93.4 Å². The largest absolute Gasteiger partial charge is 1.00 e. The molecule has 34 heavy (non-hydrogen) atoms. The zero-order valence-corrected chi connectivity index (χ0v) is 21.4. The first-order valence-corrected chi connectivity index (χ1v) is 12.0. The van der Waals surface area contributed by atoms with Crippen molar-refractivity contribution >= 4 is 11.9 Å². The Labute approximate surface area is 209 Å². The molecule has 0 bridgehead atoms. The molecular weight excluding hydrogens is 454 g/mol. The van der Waals surface area contributed by atoms with Crippen LogP contribution in [0.1, 0.15) is 70.4 Å². The Morgan fingerprint density at radius 2 is 1.88 bits per heavy atom. The second-order valence-electron chi connectivity index (χ2n) is 9.87. The van der Waals surface area contributed by atoms with E-state index in [-0.39, 0.29) is 48.8 Å². The predicted molar refractivity (Wildman–Crippen MR) is 125 cm³/mol. The van der Waals surface area contributed by atoms with E-state index in [1.165, 1.54) is 11.8 Å². The Morgan fingerprint density at radius 1 is 1.18 bits per heavy atom. The minimum Gasteiger partial charge on any atom is -1.00 e. The van der Waals surface area contributed by atoms with E-state index in [0.29, 0.717) is 5.92 Å². The van der Waals surface area contributed by atoms with Gasteiger partial charge >= 0.3 is 11.9 Å². The fourth-order valence-corrected chi connectivity index (χ4v) is 5.15. The number of hydrogen-bond acceptors (Lipinski definition) is 5. The van der Waals surface area contributed by atoms with Crippen LogP contribution in [0.2, 0.25) is 0 Å². The molecule has 3 N–H and O–H groups in total. The van der Waals surface area contributed by atoms with Crippen molar-refractivity contribution in [2.75, 3.05) is 6.61 Å². The van der Waals surface area contributed by atoms with Crippen molar-refractivity contribution in [1.82, 2.24) is 0 Å². The fourth-order valence-electron chi connectivity index (χ4n) is 5.15. The number of furan rings is 1. The number of quaternary nitrogens is 1. The number of rotatable bonds is 9. The first-order valence-electron chi connectivity index (χ1n) is 12.0. The van der Waals surface area contributed by atoms with Gasteiger partial charge in [-0.3, -0.25) is 4.79 Å². The van der Waals surface area contributed by atoms with Gasteiger partial charge in [0.05, 0.1) is 31.5 Å². The van der Waals surface area contributed by atoms with Gasteiger partial charge < -0.3 is 32.0 Å². The number of ether oxygens (including phenoxy) is 2. The monoisotopic (exact) mass is 491 g/mol. The predicted octanol–water partition coefficient (Wildman–Crippen LogP) is 1.26. The summed E-state index contributed by atoms with van der Waals surface area (Å²) in [5.41, 5.74) is 5.87. The van der Waals surface area contributed by atoms with Crippen LogP contribution < -0.4 is 18.1 Å². The fraction of sp³-hybridized carbons (Fsp3) is 0.556. The molecule has 7 heteroatoms. The molecule has 1 aliphatic rings. The maximum atomic E-state index is 13.2. The van der Waals surface area contributed by atoms with E-state index in [4.69, 9.17) is 13.9 Å². The lowest BCUT2D eigenvalue weighted by Crippen LogP contribution is -3.00. The lowest BCUT2D eigenvalue weighted by atomic mass is 9.64. The number of benzene rings is 1. The van der Waals surface area contributed by atoms with Gasteiger partial charge in [-0.15, -0.1) is 0 Å². The van der Waals surface area contributed by atoms with E-state index >= 15 is 0 Å². The van der Waals surface area contributed by atoms with Gasteiger partial charge in [0, 0.05) is 11.5 Å². The van der Waals surface area contributed by atoms with Crippen molar-refractivity contribution in [2.24, 2.45) is 11.8 Å². The second-order valence-corrected chi connectivity index (χ2v) is 9.87. The van der Waals surface area contributed by atoms with Gasteiger partial charge in [0.15, 0.2) is 6.04 Å². The van der Waals surface area contributed by atoms with Gasteiger partial charge in [0.1, 0.15) is 6.10 Å². The van der Waals surface area contributed by atoms with Gasteiger partial charge in [-0.05, 0) is 42.7 Å². The number of carbonyl (C=O) groups is 2. The van der Waals surface area contributed by atoms with Crippen LogP contribution in [-0.2, 0) is 24.5 Å². The molecule has 0 unspecified atom stereocenters. The van der Waals surface area contributed by atoms with Crippen molar-refractivity contribution in [3.05, 3.63) is 60.1 Å². The number of esters is 2. The van der Waals surface area contributed by atoms with Crippen molar-refractivity contribution < 1.29 is 41.6 Å². The number of hydrogen-bond donors (Lipinski definition) is 1. The van der Waals surface area contributed by atoms with Crippen LogP contribution in [0.4, 0.5) is 0 Å². The van der Waals surface area contributed by atoms with Gasteiger partial charge in [-0.1, -0.05) is 57.5 Å². The highest BCUT2D eigenvalue weighted by molar-refractivity contribution is 5.78. The minimum absolute atomic E-state index is 0. The highest BCUT2D eigenvalue weighted by atomic mass is 35.5. The number of carbonyl (C=O) groups excluding carboxylic acids is 2. The molecule has 3 rings (SSSR count). The third-order valence-corrected chi connectivity index (χ3v) is 7.21. The lowest BCUT2D eigenvalue weighted by molar-refractivity contribution is -0.414. The molecule has 5 atom stereocenters. The number of halogens is 1. The quantitative estimate of drug-likeness (QED) is 0.533. The maximum Gasteiger partial charge on any atom is 0.365 e. The van der Waals surface area contributed by atoms with Gasteiger partial charge in [0.25, 0.3) is 0 Å². The SMILES string of the molecule is CCOC(=O)[C@H]([NH3+])[C@@H](CC(=O)O[C@@H]1C[C@H](C)CC[C@H]1C(C)(C)c1ccccc1)c1ccoc1.[Cl-]. The van der Waals surface area contributed by atoms with Gasteiger partial charge in [-0.25, -0.2) is 4.79 Å². The van der Waals surface area contributed by atoms with E-state index in [0.717, 1.165) is 24.8 Å². The van der Waals surface area contributed by atoms with Crippen molar-refractivity contribution in [2.45, 2.75) is 76.9 Å². The normalized spacial score (nSPS) is 22.2. The van der Waals surface area contributed by atoms with Crippen LogP contribution in [0.3, 0.4) is 0 Å². The summed E-state index contributed by atoms with van der Waals surface area (Å²) in [6.45, 7) is 8.72. The summed E-state index contributed by atoms with van der Waals surface area (Å²) in [5.74, 6) is -0.488. The highest BCUT2D eigenvalue weighted by Crippen LogP contribution is 2.44. The van der Waals surface area contributed by atoms with Crippen LogP contribution in [-0.4, -0.2) is 30.7 Å². The Bertz CT molecular complexity index is 899. The molecule has 6 nitrogen and oxygen atoms in total. The standard InChI is InChI=1S/C27H37NO5.ClH/c1-5-32-26(30)25(28)21(19-13-14-31-17-19)16-24(29)33-23-15-18(2)11-12-22(23)27(3,4)20-9-7-6-8-10-20;/h6-10,13-14,17-18,21-23,25H,5,11-12,15-16,28H2,1-4H3;1H/t18-,21+,22-,23-,25-;/m1./s1. The lowest BCUT2D eigenvalue weighted by Gasteiger charge is -2.44. The molecule has 1 fully saturated rings. The zero-order chi connectivity index (χ0) is 24.0. The Kier molecular flexibility index (Phi) is 10.2. The molecule has 0 saturated heterocycles. The first-order chi connectivity index (χ1) is 15.7. The molecule has 0 aliphatic heterocycles. The molecular formula is C27H38ClNO5. The van der Waals surface area contributed by atoms with Crippen LogP contribution in [0.15, 0.2) is 53.3 Å². The van der Waals surface area contributed by atoms with E-state index in [2.05, 4.69) is 50.8 Å².